The third-order valence-electron chi connectivity index (χ3n) is 5.55. The van der Waals surface area contributed by atoms with Crippen LogP contribution in [0.1, 0.15) is 55.6 Å². The van der Waals surface area contributed by atoms with Crippen LogP contribution in [0.25, 0.3) is 6.08 Å². The average Bonchev–Trinajstić information content (AvgIpc) is 2.82. The van der Waals surface area contributed by atoms with Crippen LogP contribution in [0.2, 0.25) is 0 Å². The van der Waals surface area contributed by atoms with E-state index in [-0.39, 0.29) is 22.6 Å². The number of ketones is 1. The van der Waals surface area contributed by atoms with E-state index in [0.29, 0.717) is 41.0 Å². The number of methoxy groups -OCH3 is 1. The van der Waals surface area contributed by atoms with E-state index in [9.17, 15) is 14.4 Å². The summed E-state index contributed by atoms with van der Waals surface area (Å²) in [6, 6.07) is 8.28. The smallest absolute Gasteiger partial charge is 0.338 e. The number of rotatable bonds is 8. The summed E-state index contributed by atoms with van der Waals surface area (Å²) in [5.74, 6) is -0.364. The minimum Gasteiger partial charge on any atom is -0.496 e. The van der Waals surface area contributed by atoms with Crippen LogP contribution in [-0.4, -0.2) is 30.4 Å². The summed E-state index contributed by atoms with van der Waals surface area (Å²) >= 11 is 0. The van der Waals surface area contributed by atoms with Crippen molar-refractivity contribution in [3.05, 3.63) is 77.4 Å². The zero-order valence-electron chi connectivity index (χ0n) is 21.2. The first kappa shape index (κ1) is 26.5. The molecule has 0 spiro atoms. The van der Waals surface area contributed by atoms with Gasteiger partial charge in [-0.1, -0.05) is 31.4 Å². The Labute approximate surface area is 211 Å². The molecule has 2 aromatic carbocycles. The molecular formula is C29H30O7. The van der Waals surface area contributed by atoms with E-state index in [1.807, 2.05) is 13.8 Å². The van der Waals surface area contributed by atoms with Crippen LogP contribution in [0.5, 0.6) is 23.0 Å². The van der Waals surface area contributed by atoms with Gasteiger partial charge in [-0.05, 0) is 64.3 Å². The molecule has 1 aliphatic rings. The normalized spacial score (nSPS) is 13.8. The zero-order valence-corrected chi connectivity index (χ0v) is 21.2. The molecule has 0 unspecified atom stereocenters. The van der Waals surface area contributed by atoms with Crippen molar-refractivity contribution in [3.63, 3.8) is 0 Å². The third-order valence-corrected chi connectivity index (χ3v) is 5.55. The summed E-state index contributed by atoms with van der Waals surface area (Å²) in [5, 5.41) is 0. The molecule has 1 heterocycles. The first-order valence-electron chi connectivity index (χ1n) is 11.4. The van der Waals surface area contributed by atoms with Gasteiger partial charge in [0.25, 0.3) is 0 Å². The van der Waals surface area contributed by atoms with Gasteiger partial charge in [-0.2, -0.15) is 0 Å². The number of fused-ring (bicyclic) bond motifs is 1. The molecule has 0 radical (unpaired) electrons. The van der Waals surface area contributed by atoms with Crippen molar-refractivity contribution in [1.82, 2.24) is 0 Å². The number of benzene rings is 2. The van der Waals surface area contributed by atoms with E-state index in [4.69, 9.17) is 18.9 Å². The van der Waals surface area contributed by atoms with Crippen molar-refractivity contribution in [3.8, 4) is 23.0 Å². The molecule has 188 valence electrons. The second-order valence-corrected chi connectivity index (χ2v) is 9.23. The Kier molecular flexibility index (Phi) is 7.83. The second-order valence-electron chi connectivity index (χ2n) is 9.23. The van der Waals surface area contributed by atoms with Crippen molar-refractivity contribution in [2.24, 2.45) is 0 Å². The van der Waals surface area contributed by atoms with Gasteiger partial charge in [0.1, 0.15) is 28.4 Å². The van der Waals surface area contributed by atoms with Crippen molar-refractivity contribution in [2.45, 2.75) is 46.1 Å². The largest absolute Gasteiger partial charge is 0.496 e. The Morgan fingerprint density at radius 3 is 2.19 bits per heavy atom. The van der Waals surface area contributed by atoms with Gasteiger partial charge in [0.2, 0.25) is 0 Å². The number of allylic oxidation sites excluding steroid dienone is 1. The van der Waals surface area contributed by atoms with Crippen LogP contribution in [0.4, 0.5) is 0 Å². The predicted molar refractivity (Wildman–Crippen MR) is 137 cm³/mol. The van der Waals surface area contributed by atoms with Crippen LogP contribution in [-0.2, 0) is 16.0 Å². The predicted octanol–water partition coefficient (Wildman–Crippen LogP) is 5.66. The van der Waals surface area contributed by atoms with E-state index in [1.165, 1.54) is 20.1 Å². The van der Waals surface area contributed by atoms with Gasteiger partial charge < -0.3 is 18.9 Å². The minimum atomic E-state index is -0.645. The number of carbonyl (C=O) groups is 3. The first-order chi connectivity index (χ1) is 16.9. The summed E-state index contributed by atoms with van der Waals surface area (Å²) < 4.78 is 22.4. The molecule has 7 nitrogen and oxygen atoms in total. The lowest BCUT2D eigenvalue weighted by Gasteiger charge is -2.34. The van der Waals surface area contributed by atoms with E-state index in [0.717, 1.165) is 0 Å². The van der Waals surface area contributed by atoms with Gasteiger partial charge in [-0.25, -0.2) is 9.59 Å². The maximum Gasteiger partial charge on any atom is 0.338 e. The lowest BCUT2D eigenvalue weighted by atomic mass is 9.91. The highest BCUT2D eigenvalue weighted by molar-refractivity contribution is 6.11. The van der Waals surface area contributed by atoms with Crippen LogP contribution in [0, 0.1) is 0 Å². The highest BCUT2D eigenvalue weighted by Crippen LogP contribution is 2.45. The van der Waals surface area contributed by atoms with Crippen LogP contribution >= 0.6 is 0 Å². The summed E-state index contributed by atoms with van der Waals surface area (Å²) in [4.78, 5) is 37.5. The SMILES string of the molecule is C=C(C)C(=O)Oc1ccc(/C=C/C(=O)c2c(OC)cc3c(c2OC(=O)C(=C)C)CCC(C)(C)O3)cc1. The Hall–Kier alpha value is -4.13. The van der Waals surface area contributed by atoms with Crippen LogP contribution < -0.4 is 18.9 Å². The topological polar surface area (TPSA) is 88.1 Å². The van der Waals surface area contributed by atoms with Crippen molar-refractivity contribution in [1.29, 1.82) is 0 Å². The maximum atomic E-state index is 13.4. The molecule has 0 saturated heterocycles. The molecule has 0 bridgehead atoms. The molecule has 0 saturated carbocycles. The summed E-state index contributed by atoms with van der Waals surface area (Å²) in [5.41, 5.74) is 1.53. The van der Waals surface area contributed by atoms with Crippen LogP contribution in [0.15, 0.2) is 60.7 Å². The van der Waals surface area contributed by atoms with E-state index < -0.39 is 23.3 Å². The van der Waals surface area contributed by atoms with Gasteiger partial charge in [0.15, 0.2) is 11.5 Å². The monoisotopic (exact) mass is 490 g/mol. The lowest BCUT2D eigenvalue weighted by Crippen LogP contribution is -2.33. The molecule has 0 fully saturated rings. The van der Waals surface area contributed by atoms with Crippen molar-refractivity contribution in [2.75, 3.05) is 7.11 Å². The number of hydrogen-bond donors (Lipinski definition) is 0. The lowest BCUT2D eigenvalue weighted by molar-refractivity contribution is -0.131. The first-order valence-corrected chi connectivity index (χ1v) is 11.4. The minimum absolute atomic E-state index is 0.115. The fraction of sp³-hybridized carbons (Fsp3) is 0.276. The fourth-order valence-electron chi connectivity index (χ4n) is 3.54. The van der Waals surface area contributed by atoms with Crippen LogP contribution in [0.3, 0.4) is 0 Å². The molecule has 1 aliphatic heterocycles. The number of carbonyl (C=O) groups excluding carboxylic acids is 3. The van der Waals surface area contributed by atoms with Gasteiger partial charge in [0.05, 0.1) is 7.11 Å². The Bertz CT molecular complexity index is 1260. The average molecular weight is 491 g/mol. The quantitative estimate of drug-likeness (QED) is 0.204. The van der Waals surface area contributed by atoms with Gasteiger partial charge in [-0.15, -0.1) is 0 Å². The highest BCUT2D eigenvalue weighted by Gasteiger charge is 2.33. The maximum absolute atomic E-state index is 13.4. The molecule has 2 aromatic rings. The van der Waals surface area contributed by atoms with Crippen molar-refractivity contribution >= 4 is 23.8 Å². The Morgan fingerprint density at radius 2 is 1.61 bits per heavy atom. The Morgan fingerprint density at radius 1 is 1.00 bits per heavy atom. The summed E-state index contributed by atoms with van der Waals surface area (Å²) in [6.07, 6.45) is 4.20. The molecule has 0 amide bonds. The Balaban J connectivity index is 1.97. The second kappa shape index (κ2) is 10.6. The van der Waals surface area contributed by atoms with Gasteiger partial charge >= 0.3 is 11.9 Å². The standard InChI is InChI=1S/C29H30O7/c1-17(2)27(31)34-20-11-8-19(9-12-20)10-13-22(30)25-24(33-7)16-23-21(14-15-29(5,6)36-23)26(25)35-28(32)18(3)4/h8-13,16H,1,3,14-15H2,2,4-7H3/b13-10+. The molecule has 0 aliphatic carbocycles. The molecule has 36 heavy (non-hydrogen) atoms. The molecule has 0 N–H and O–H groups in total. The molecule has 0 aromatic heterocycles. The van der Waals surface area contributed by atoms with Gasteiger partial charge in [0, 0.05) is 22.8 Å². The zero-order chi connectivity index (χ0) is 26.6. The third kappa shape index (κ3) is 6.10. The van der Waals surface area contributed by atoms with E-state index in [2.05, 4.69) is 13.2 Å². The molecule has 3 rings (SSSR count). The molecular weight excluding hydrogens is 460 g/mol. The van der Waals surface area contributed by atoms with Crippen molar-refractivity contribution < 1.29 is 33.3 Å². The molecule has 7 heteroatoms. The summed E-state index contributed by atoms with van der Waals surface area (Å²) in [6.45, 7) is 14.2. The number of esters is 2. The summed E-state index contributed by atoms with van der Waals surface area (Å²) in [7, 11) is 1.44. The fourth-order valence-corrected chi connectivity index (χ4v) is 3.54. The van der Waals surface area contributed by atoms with E-state index >= 15 is 0 Å². The van der Waals surface area contributed by atoms with E-state index in [1.54, 1.807) is 43.3 Å². The molecule has 0 atom stereocenters. The highest BCUT2D eigenvalue weighted by atomic mass is 16.5. The van der Waals surface area contributed by atoms with Gasteiger partial charge in [-0.3, -0.25) is 4.79 Å². The number of hydrogen-bond acceptors (Lipinski definition) is 7. The number of ether oxygens (including phenoxy) is 4.